The molecule has 0 amide bonds. The van der Waals surface area contributed by atoms with Gasteiger partial charge in [0.15, 0.2) is 17.3 Å². The number of nitrogens with zero attached hydrogens (tertiary/aromatic N) is 8. The molecule has 1 aliphatic heterocycles. The van der Waals surface area contributed by atoms with Gasteiger partial charge in [-0.1, -0.05) is 97.1 Å². The summed E-state index contributed by atoms with van der Waals surface area (Å²) >= 11 is 0. The van der Waals surface area contributed by atoms with E-state index in [9.17, 15) is 0 Å². The number of hydrogen-bond acceptors (Lipinski definition) is 7. The average Bonchev–Trinajstić information content (AvgIpc) is 3.76. The van der Waals surface area contributed by atoms with Crippen LogP contribution in [0, 0.1) is 41.5 Å². The molecule has 0 bridgehead atoms. The predicted molar refractivity (Wildman–Crippen MR) is 215 cm³/mol. The van der Waals surface area contributed by atoms with Crippen LogP contribution in [0.5, 0.6) is 0 Å². The zero-order valence-corrected chi connectivity index (χ0v) is 30.6. The number of benzene rings is 5. The Hall–Kier alpha value is -6.67. The van der Waals surface area contributed by atoms with E-state index in [1.165, 1.54) is 0 Å². The largest absolute Gasteiger partial charge is 0.276 e. The average molecular weight is 691 g/mol. The summed E-state index contributed by atoms with van der Waals surface area (Å²) in [6.45, 7) is 12.5. The first kappa shape index (κ1) is 32.3. The maximum atomic E-state index is 5.55. The van der Waals surface area contributed by atoms with E-state index in [-0.39, 0.29) is 0 Å². The molecule has 8 heteroatoms. The molecular formula is C45H38N8. The molecule has 1 aliphatic rings. The number of allylic oxidation sites excluding steroid dienone is 1. The van der Waals surface area contributed by atoms with Gasteiger partial charge >= 0.3 is 0 Å². The van der Waals surface area contributed by atoms with Gasteiger partial charge in [0.25, 0.3) is 0 Å². The van der Waals surface area contributed by atoms with E-state index in [2.05, 4.69) is 169 Å². The lowest BCUT2D eigenvalue weighted by atomic mass is 9.94. The highest BCUT2D eigenvalue weighted by Gasteiger charge is 2.39. The lowest BCUT2D eigenvalue weighted by molar-refractivity contribution is 0.793. The van der Waals surface area contributed by atoms with Gasteiger partial charge in [-0.15, -0.1) is 9.73 Å². The molecule has 8 nitrogen and oxygen atoms in total. The monoisotopic (exact) mass is 690 g/mol. The third kappa shape index (κ3) is 5.33. The van der Waals surface area contributed by atoms with E-state index in [0.29, 0.717) is 5.82 Å². The summed E-state index contributed by atoms with van der Waals surface area (Å²) in [5, 5.41) is 10.1. The van der Waals surface area contributed by atoms with Gasteiger partial charge in [-0.05, 0) is 110 Å². The second kappa shape index (κ2) is 12.5. The maximum absolute atomic E-state index is 5.55. The number of rotatable bonds is 5. The molecule has 0 atom stereocenters. The van der Waals surface area contributed by atoms with E-state index in [4.69, 9.17) is 15.0 Å². The summed E-state index contributed by atoms with van der Waals surface area (Å²) in [5.41, 5.74) is 14.4. The van der Waals surface area contributed by atoms with Crippen molar-refractivity contribution in [2.24, 2.45) is 0 Å². The van der Waals surface area contributed by atoms with Crippen molar-refractivity contribution in [3.8, 4) is 22.3 Å². The number of anilines is 4. The summed E-state index contributed by atoms with van der Waals surface area (Å²) in [4.78, 5) is 20.4. The van der Waals surface area contributed by atoms with Gasteiger partial charge in [0.2, 0.25) is 0 Å². The summed E-state index contributed by atoms with van der Waals surface area (Å²) in [7, 11) is 0. The molecule has 8 aromatic rings. The van der Waals surface area contributed by atoms with Crippen LogP contribution in [-0.4, -0.2) is 29.8 Å². The fourth-order valence-electron chi connectivity index (χ4n) is 7.67. The Kier molecular flexibility index (Phi) is 7.62. The van der Waals surface area contributed by atoms with Crippen LogP contribution in [0.1, 0.15) is 33.8 Å². The highest BCUT2D eigenvalue weighted by molar-refractivity contribution is 5.99. The maximum Gasteiger partial charge on any atom is 0.185 e. The second-order valence-corrected chi connectivity index (χ2v) is 13.8. The van der Waals surface area contributed by atoms with Crippen LogP contribution in [0.25, 0.3) is 45.0 Å². The molecule has 9 rings (SSSR count). The Balaban J connectivity index is 1.39. The minimum atomic E-state index is 0.683. The second-order valence-electron chi connectivity index (χ2n) is 13.8. The van der Waals surface area contributed by atoms with Gasteiger partial charge in [0, 0.05) is 5.22 Å². The molecule has 0 unspecified atom stereocenters. The summed E-state index contributed by atoms with van der Waals surface area (Å²) in [6.07, 6.45) is 4.26. The number of aryl methyl sites for hydroxylation is 6. The molecule has 0 radical (unpaired) electrons. The summed E-state index contributed by atoms with van der Waals surface area (Å²) < 4.78 is 1.62. The van der Waals surface area contributed by atoms with Crippen LogP contribution in [0.2, 0.25) is 0 Å². The Bertz CT molecular complexity index is 2620. The van der Waals surface area contributed by atoms with Crippen LogP contribution >= 0.6 is 0 Å². The van der Waals surface area contributed by atoms with Gasteiger partial charge in [0.1, 0.15) is 11.6 Å². The predicted octanol–water partition coefficient (Wildman–Crippen LogP) is 9.58. The smallest absolute Gasteiger partial charge is 0.185 e. The number of aromatic nitrogens is 6. The Labute approximate surface area is 308 Å². The van der Waals surface area contributed by atoms with Crippen molar-refractivity contribution in [3.63, 3.8) is 0 Å². The molecule has 0 aliphatic carbocycles. The van der Waals surface area contributed by atoms with Crippen molar-refractivity contribution in [2.75, 3.05) is 9.80 Å². The molecular weight excluding hydrogens is 653 g/mol. The van der Waals surface area contributed by atoms with Crippen molar-refractivity contribution >= 4 is 45.8 Å². The van der Waals surface area contributed by atoms with Crippen LogP contribution in [0.3, 0.4) is 0 Å². The number of para-hydroxylation sites is 2. The highest BCUT2D eigenvalue weighted by atomic mass is 15.5. The van der Waals surface area contributed by atoms with Gasteiger partial charge in [0.05, 0.1) is 28.1 Å². The molecule has 0 spiro atoms. The molecule has 0 fully saturated rings. The first-order valence-corrected chi connectivity index (χ1v) is 17.9. The van der Waals surface area contributed by atoms with Gasteiger partial charge < -0.3 is 0 Å². The minimum Gasteiger partial charge on any atom is -0.276 e. The van der Waals surface area contributed by atoms with E-state index in [1.54, 1.807) is 4.63 Å². The standard InChI is InChI=1S/C45H38N8/c1-27-15-13-16-28(2)41(27)51-40(24-23-35-31(5)49-53-43(35)46-32(6)50-53)52(42-29(3)17-14-18-30(42)4)45-44(51)47-38-25-36(33-19-9-7-10-20-33)37(26-39(38)48-45)34-21-11-8-12-22-34/h7-26H,1-6H3/b35-23-. The van der Waals surface area contributed by atoms with E-state index in [1.807, 2.05) is 13.8 Å². The first-order chi connectivity index (χ1) is 25.8. The third-order valence-corrected chi connectivity index (χ3v) is 10.1. The van der Waals surface area contributed by atoms with Crippen molar-refractivity contribution in [1.82, 2.24) is 29.8 Å². The molecule has 5 aromatic carbocycles. The van der Waals surface area contributed by atoms with Crippen LogP contribution in [0.15, 0.2) is 121 Å². The zero-order chi connectivity index (χ0) is 36.4. The van der Waals surface area contributed by atoms with Crippen LogP contribution < -0.4 is 15.0 Å². The van der Waals surface area contributed by atoms with Crippen LogP contribution in [0.4, 0.5) is 23.0 Å². The van der Waals surface area contributed by atoms with Crippen LogP contribution in [-0.2, 0) is 0 Å². The third-order valence-electron chi connectivity index (χ3n) is 10.1. The highest BCUT2D eigenvalue weighted by Crippen LogP contribution is 2.51. The van der Waals surface area contributed by atoms with Crippen molar-refractivity contribution < 1.29 is 0 Å². The molecule has 258 valence electrons. The van der Waals surface area contributed by atoms with Crippen molar-refractivity contribution in [1.29, 1.82) is 0 Å². The molecule has 0 saturated heterocycles. The topological polar surface area (TPSA) is 75.3 Å². The molecule has 0 saturated carbocycles. The lowest BCUT2D eigenvalue weighted by Gasteiger charge is -2.28. The molecule has 0 N–H and O–H groups in total. The summed E-state index contributed by atoms with van der Waals surface area (Å²) in [6, 6.07) is 38.3. The molecule has 53 heavy (non-hydrogen) atoms. The Morgan fingerprint density at radius 3 is 1.43 bits per heavy atom. The van der Waals surface area contributed by atoms with E-state index < -0.39 is 0 Å². The van der Waals surface area contributed by atoms with E-state index in [0.717, 1.165) is 101 Å². The van der Waals surface area contributed by atoms with Crippen molar-refractivity contribution in [2.45, 2.75) is 41.5 Å². The van der Waals surface area contributed by atoms with Gasteiger partial charge in [-0.3, -0.25) is 9.80 Å². The van der Waals surface area contributed by atoms with Gasteiger partial charge in [-0.2, -0.15) is 5.10 Å². The van der Waals surface area contributed by atoms with E-state index >= 15 is 0 Å². The molecule has 4 heterocycles. The summed E-state index contributed by atoms with van der Waals surface area (Å²) in [5.74, 6) is 3.13. The fraction of sp³-hybridized carbons (Fsp3) is 0.133. The Morgan fingerprint density at radius 2 is 0.962 bits per heavy atom. The zero-order valence-electron chi connectivity index (χ0n) is 30.6. The number of fused-ring (bicyclic) bond motifs is 3. The fourth-order valence-corrected chi connectivity index (χ4v) is 7.67. The Morgan fingerprint density at radius 1 is 0.491 bits per heavy atom. The van der Waals surface area contributed by atoms with Gasteiger partial charge in [-0.25, -0.2) is 15.0 Å². The quantitative estimate of drug-likeness (QED) is 0.178. The minimum absolute atomic E-state index is 0.683. The molecule has 3 aromatic heterocycles. The lowest BCUT2D eigenvalue weighted by Crippen LogP contribution is -2.24. The first-order valence-electron chi connectivity index (χ1n) is 17.9. The normalized spacial score (nSPS) is 13.1. The SMILES string of the molecule is Cc1nc2/c(=C\C=C3N(c4c(C)cccc4C)c4nc5cc(-c6ccccc6)c(-c6ccccc6)cc5nc4N3c3c(C)cccc3C)c(C)nn2n1. The van der Waals surface area contributed by atoms with Crippen molar-refractivity contribution in [3.05, 3.63) is 160 Å². The number of hydrogen-bond donors (Lipinski definition) is 0.